The summed E-state index contributed by atoms with van der Waals surface area (Å²) in [6, 6.07) is 10.2. The molecule has 0 aliphatic heterocycles. The van der Waals surface area contributed by atoms with Crippen molar-refractivity contribution in [2.75, 3.05) is 13.1 Å². The summed E-state index contributed by atoms with van der Waals surface area (Å²) in [6.07, 6.45) is -0.00783. The molecule has 238 valence electrons. The van der Waals surface area contributed by atoms with Crippen molar-refractivity contribution >= 4 is 35.5 Å². The second-order valence-electron chi connectivity index (χ2n) is 10.1. The van der Waals surface area contributed by atoms with Gasteiger partial charge in [-0.2, -0.15) is 0 Å². The fourth-order valence-corrected chi connectivity index (χ4v) is 4.07. The van der Waals surface area contributed by atoms with Crippen molar-refractivity contribution in [2.24, 2.45) is 17.2 Å². The van der Waals surface area contributed by atoms with Gasteiger partial charge in [0.2, 0.25) is 29.5 Å². The Morgan fingerprint density at radius 1 is 0.727 bits per heavy atom. The van der Waals surface area contributed by atoms with Crippen LogP contribution >= 0.6 is 0 Å². The molecule has 0 aromatic heterocycles. The number of phenolic OH excluding ortho intramolecular Hbond substituents is 1. The van der Waals surface area contributed by atoms with Gasteiger partial charge in [-0.15, -0.1) is 0 Å². The van der Waals surface area contributed by atoms with Gasteiger partial charge in [0, 0.05) is 13.0 Å². The lowest BCUT2D eigenvalue weighted by molar-refractivity contribution is -0.141. The molecule has 2 aromatic rings. The zero-order valence-corrected chi connectivity index (χ0v) is 24.0. The van der Waals surface area contributed by atoms with E-state index in [9.17, 15) is 39.0 Å². The summed E-state index contributed by atoms with van der Waals surface area (Å²) in [4.78, 5) is 73.1. The summed E-state index contributed by atoms with van der Waals surface area (Å²) >= 11 is 0. The quantitative estimate of drug-likeness (QED) is 0.0817. The Hall–Kier alpha value is -5.02. The van der Waals surface area contributed by atoms with Crippen molar-refractivity contribution in [2.45, 2.75) is 56.3 Å². The normalized spacial score (nSPS) is 13.4. The molecule has 0 unspecified atom stereocenters. The predicted molar refractivity (Wildman–Crippen MR) is 158 cm³/mol. The lowest BCUT2D eigenvalue weighted by Crippen LogP contribution is -2.54. The minimum absolute atomic E-state index is 0.0161. The molecule has 44 heavy (non-hydrogen) atoms. The number of rotatable bonds is 18. The largest absolute Gasteiger partial charge is 0.508 e. The number of nitrogens with two attached hydrogens (primary N) is 3. The molecular weight excluding hydrogens is 574 g/mol. The Labute approximate surface area is 253 Å². The summed E-state index contributed by atoms with van der Waals surface area (Å²) in [6.45, 7) is -0.521. The molecule has 2 aromatic carbocycles. The Bertz CT molecular complexity index is 1290. The maximum absolute atomic E-state index is 13.0. The first-order chi connectivity index (χ1) is 20.8. The first-order valence-electron chi connectivity index (χ1n) is 13.8. The van der Waals surface area contributed by atoms with Crippen molar-refractivity contribution in [3.8, 4) is 5.75 Å². The summed E-state index contributed by atoms with van der Waals surface area (Å²) in [7, 11) is 0. The first-order valence-corrected chi connectivity index (χ1v) is 13.8. The van der Waals surface area contributed by atoms with Crippen LogP contribution in [-0.2, 0) is 41.6 Å². The molecule has 0 spiro atoms. The Morgan fingerprint density at radius 3 is 1.98 bits per heavy atom. The van der Waals surface area contributed by atoms with Crippen LogP contribution in [0.2, 0.25) is 0 Å². The van der Waals surface area contributed by atoms with E-state index in [2.05, 4.69) is 21.3 Å². The van der Waals surface area contributed by atoms with Gasteiger partial charge in [-0.25, -0.2) is 4.79 Å². The van der Waals surface area contributed by atoms with E-state index >= 15 is 0 Å². The van der Waals surface area contributed by atoms with Crippen LogP contribution in [0.1, 0.15) is 30.4 Å². The SMILES string of the molecule is NC(=O)C[C@H](N)C(=O)NCCC[C@@H](NC(=O)[C@@H](N)Cc1ccc(O)cc1)C(=O)NCC(=O)N[C@@H](Cc1ccccc1)C(=O)O. The molecule has 0 saturated carbocycles. The molecule has 2 rings (SSSR count). The molecule has 0 aliphatic carbocycles. The van der Waals surface area contributed by atoms with Gasteiger partial charge >= 0.3 is 5.97 Å². The Balaban J connectivity index is 1.99. The monoisotopic (exact) mass is 613 g/mol. The average Bonchev–Trinajstić information content (AvgIpc) is 2.98. The molecule has 0 aliphatic rings. The second kappa shape index (κ2) is 17.8. The number of hydrogen-bond acceptors (Lipinski definition) is 9. The number of hydrogen-bond donors (Lipinski definition) is 9. The number of amides is 5. The lowest BCUT2D eigenvalue weighted by atomic mass is 10.0. The molecule has 0 heterocycles. The number of benzene rings is 2. The van der Waals surface area contributed by atoms with Crippen LogP contribution in [0.4, 0.5) is 0 Å². The topological polar surface area (TPSA) is 269 Å². The smallest absolute Gasteiger partial charge is 0.326 e. The third-order valence-electron chi connectivity index (χ3n) is 6.43. The van der Waals surface area contributed by atoms with E-state index in [4.69, 9.17) is 17.2 Å². The summed E-state index contributed by atoms with van der Waals surface area (Å²) in [5, 5.41) is 28.8. The molecule has 5 amide bonds. The predicted octanol–water partition coefficient (Wildman–Crippen LogP) is -2.23. The van der Waals surface area contributed by atoms with Crippen LogP contribution in [0, 0.1) is 0 Å². The van der Waals surface area contributed by atoms with E-state index in [-0.39, 0.29) is 44.4 Å². The third-order valence-corrected chi connectivity index (χ3v) is 6.43. The number of carboxylic acids is 1. The van der Waals surface area contributed by atoms with Gasteiger partial charge in [-0.05, 0) is 42.5 Å². The number of carbonyl (C=O) groups is 6. The number of nitrogens with one attached hydrogen (secondary N) is 4. The molecular formula is C29H39N7O8. The number of aromatic hydroxyl groups is 1. The number of phenols is 1. The molecule has 0 saturated heterocycles. The minimum atomic E-state index is -1.25. The van der Waals surface area contributed by atoms with Crippen LogP contribution in [0.5, 0.6) is 5.75 Å². The Morgan fingerprint density at radius 2 is 1.36 bits per heavy atom. The average molecular weight is 614 g/mol. The van der Waals surface area contributed by atoms with E-state index in [0.29, 0.717) is 11.1 Å². The highest BCUT2D eigenvalue weighted by molar-refractivity contribution is 5.92. The fraction of sp³-hybridized carbons (Fsp3) is 0.379. The summed E-state index contributed by atoms with van der Waals surface area (Å²) < 4.78 is 0. The molecule has 12 N–H and O–H groups in total. The molecule has 15 nitrogen and oxygen atoms in total. The zero-order chi connectivity index (χ0) is 32.6. The van der Waals surface area contributed by atoms with Crippen molar-refractivity contribution < 1.29 is 39.0 Å². The Kier molecular flexibility index (Phi) is 14.3. The van der Waals surface area contributed by atoms with E-state index in [1.807, 2.05) is 0 Å². The van der Waals surface area contributed by atoms with Gasteiger partial charge < -0.3 is 48.7 Å². The summed E-state index contributed by atoms with van der Waals surface area (Å²) in [5.74, 6) is -4.73. The van der Waals surface area contributed by atoms with E-state index < -0.39 is 66.2 Å². The van der Waals surface area contributed by atoms with Crippen LogP contribution in [0.3, 0.4) is 0 Å². The van der Waals surface area contributed by atoms with Gasteiger partial charge in [0.1, 0.15) is 17.8 Å². The highest BCUT2D eigenvalue weighted by Gasteiger charge is 2.26. The standard InChI is InChI=1S/C29H39N7O8/c30-20(13-18-8-10-19(37)11-9-18)27(41)36-22(7-4-12-33-26(40)21(31)15-24(32)38)28(42)34-16-25(39)35-23(29(43)44)14-17-5-2-1-3-6-17/h1-3,5-6,8-11,20-23,37H,4,7,12-16,30-31H2,(H2,32,38)(H,33,40)(H,34,42)(H,35,39)(H,36,41)(H,43,44)/t20-,21-,22+,23-/m0/s1. The first kappa shape index (κ1) is 35.2. The van der Waals surface area contributed by atoms with E-state index in [1.165, 1.54) is 12.1 Å². The van der Waals surface area contributed by atoms with Gasteiger partial charge in [-0.1, -0.05) is 42.5 Å². The second-order valence-corrected chi connectivity index (χ2v) is 10.1. The van der Waals surface area contributed by atoms with Gasteiger partial charge in [0.25, 0.3) is 0 Å². The fourth-order valence-electron chi connectivity index (χ4n) is 4.07. The van der Waals surface area contributed by atoms with Crippen molar-refractivity contribution in [3.63, 3.8) is 0 Å². The van der Waals surface area contributed by atoms with Gasteiger partial charge in [-0.3, -0.25) is 24.0 Å². The van der Waals surface area contributed by atoms with E-state index in [1.54, 1.807) is 42.5 Å². The van der Waals surface area contributed by atoms with Crippen molar-refractivity contribution in [1.82, 2.24) is 21.3 Å². The minimum Gasteiger partial charge on any atom is -0.508 e. The molecule has 0 bridgehead atoms. The molecule has 4 atom stereocenters. The van der Waals surface area contributed by atoms with Gasteiger partial charge in [0.15, 0.2) is 0 Å². The van der Waals surface area contributed by atoms with Crippen LogP contribution in [-0.4, -0.2) is 83.0 Å². The molecule has 0 radical (unpaired) electrons. The van der Waals surface area contributed by atoms with Crippen LogP contribution in [0.15, 0.2) is 54.6 Å². The van der Waals surface area contributed by atoms with Crippen LogP contribution < -0.4 is 38.5 Å². The zero-order valence-electron chi connectivity index (χ0n) is 24.0. The summed E-state index contributed by atoms with van der Waals surface area (Å²) in [5.41, 5.74) is 18.1. The maximum Gasteiger partial charge on any atom is 0.326 e. The number of primary amides is 1. The highest BCUT2D eigenvalue weighted by Crippen LogP contribution is 2.11. The lowest BCUT2D eigenvalue weighted by Gasteiger charge is -2.21. The molecule has 15 heteroatoms. The number of carboxylic acid groups (broad SMARTS) is 1. The van der Waals surface area contributed by atoms with Crippen molar-refractivity contribution in [3.05, 3.63) is 65.7 Å². The van der Waals surface area contributed by atoms with Crippen LogP contribution in [0.25, 0.3) is 0 Å². The maximum atomic E-state index is 13.0. The molecule has 0 fully saturated rings. The highest BCUT2D eigenvalue weighted by atomic mass is 16.4. The van der Waals surface area contributed by atoms with Gasteiger partial charge in [0.05, 0.1) is 25.0 Å². The third kappa shape index (κ3) is 12.9. The number of carbonyl (C=O) groups excluding carboxylic acids is 5. The van der Waals surface area contributed by atoms with Crippen molar-refractivity contribution in [1.29, 1.82) is 0 Å². The number of aliphatic carboxylic acids is 1. The van der Waals surface area contributed by atoms with E-state index in [0.717, 1.165) is 0 Å².